The summed E-state index contributed by atoms with van der Waals surface area (Å²) in [5.74, 6) is 0.495. The summed E-state index contributed by atoms with van der Waals surface area (Å²) in [7, 11) is 1.93. The SMILES string of the molecule is Cn1ccnc1-c1sc(NC(=O)c2cc(Cl)nc3ccccc23)nc1-c1ccccc1. The molecule has 6 nitrogen and oxygen atoms in total. The van der Waals surface area contributed by atoms with Gasteiger partial charge < -0.3 is 4.57 Å². The van der Waals surface area contributed by atoms with Gasteiger partial charge in [-0.15, -0.1) is 0 Å². The maximum absolute atomic E-state index is 13.1. The maximum Gasteiger partial charge on any atom is 0.258 e. The van der Waals surface area contributed by atoms with Gasteiger partial charge in [-0.3, -0.25) is 10.1 Å². The molecular weight excluding hydrogens is 430 g/mol. The second-order valence-electron chi connectivity index (χ2n) is 6.89. The van der Waals surface area contributed by atoms with Crippen LogP contribution < -0.4 is 5.32 Å². The van der Waals surface area contributed by atoms with E-state index in [0.29, 0.717) is 16.2 Å². The zero-order valence-corrected chi connectivity index (χ0v) is 18.0. The first kappa shape index (κ1) is 19.4. The van der Waals surface area contributed by atoms with Gasteiger partial charge in [0.1, 0.15) is 5.15 Å². The van der Waals surface area contributed by atoms with Crippen LogP contribution in [-0.2, 0) is 7.05 Å². The number of hydrogen-bond acceptors (Lipinski definition) is 5. The first-order valence-corrected chi connectivity index (χ1v) is 10.7. The number of carbonyl (C=O) groups is 1. The molecule has 1 N–H and O–H groups in total. The maximum atomic E-state index is 13.1. The number of anilines is 1. The number of carbonyl (C=O) groups excluding carboxylic acids is 1. The minimum Gasteiger partial charge on any atom is -0.333 e. The van der Waals surface area contributed by atoms with Crippen LogP contribution in [-0.4, -0.2) is 25.4 Å². The number of aromatic nitrogens is 4. The molecule has 1 amide bonds. The van der Waals surface area contributed by atoms with E-state index in [9.17, 15) is 4.79 Å². The normalized spacial score (nSPS) is 11.0. The molecule has 0 aliphatic carbocycles. The first-order chi connectivity index (χ1) is 15.1. The average Bonchev–Trinajstić information content (AvgIpc) is 3.39. The van der Waals surface area contributed by atoms with Gasteiger partial charge in [-0.2, -0.15) is 0 Å². The molecule has 0 aliphatic heterocycles. The summed E-state index contributed by atoms with van der Waals surface area (Å²) in [6, 6.07) is 18.8. The number of benzene rings is 2. The summed E-state index contributed by atoms with van der Waals surface area (Å²) in [6.07, 6.45) is 3.63. The molecule has 0 spiro atoms. The number of rotatable bonds is 4. The highest BCUT2D eigenvalue weighted by molar-refractivity contribution is 7.19. The highest BCUT2D eigenvalue weighted by atomic mass is 35.5. The quantitative estimate of drug-likeness (QED) is 0.362. The van der Waals surface area contributed by atoms with Crippen LogP contribution >= 0.6 is 22.9 Å². The van der Waals surface area contributed by atoms with Gasteiger partial charge >= 0.3 is 0 Å². The Labute approximate surface area is 187 Å². The number of fused-ring (bicyclic) bond motifs is 1. The predicted molar refractivity (Wildman–Crippen MR) is 124 cm³/mol. The van der Waals surface area contributed by atoms with Crippen molar-refractivity contribution in [1.29, 1.82) is 0 Å². The monoisotopic (exact) mass is 445 g/mol. The third-order valence-corrected chi connectivity index (χ3v) is 6.01. The third kappa shape index (κ3) is 3.69. The number of thiazole rings is 1. The van der Waals surface area contributed by atoms with Crippen molar-refractivity contribution in [2.24, 2.45) is 7.05 Å². The van der Waals surface area contributed by atoms with E-state index in [2.05, 4.69) is 15.3 Å². The molecule has 0 saturated heterocycles. The summed E-state index contributed by atoms with van der Waals surface area (Å²) in [5.41, 5.74) is 2.84. The number of nitrogens with one attached hydrogen (secondary N) is 1. The molecule has 2 aromatic carbocycles. The van der Waals surface area contributed by atoms with E-state index in [1.54, 1.807) is 12.3 Å². The molecule has 0 fully saturated rings. The van der Waals surface area contributed by atoms with E-state index in [1.807, 2.05) is 72.4 Å². The van der Waals surface area contributed by atoms with Crippen molar-refractivity contribution >= 4 is 44.9 Å². The van der Waals surface area contributed by atoms with Crippen molar-refractivity contribution in [3.05, 3.63) is 83.8 Å². The van der Waals surface area contributed by atoms with Crippen LogP contribution in [0.1, 0.15) is 10.4 Å². The Morgan fingerprint density at radius 2 is 1.84 bits per heavy atom. The Bertz CT molecular complexity index is 1410. The summed E-state index contributed by atoms with van der Waals surface area (Å²) in [4.78, 5) is 27.5. The number of amides is 1. The van der Waals surface area contributed by atoms with Crippen molar-refractivity contribution in [2.45, 2.75) is 0 Å². The largest absolute Gasteiger partial charge is 0.333 e. The highest BCUT2D eigenvalue weighted by Gasteiger charge is 2.20. The second-order valence-corrected chi connectivity index (χ2v) is 8.27. The Hall–Kier alpha value is -3.55. The van der Waals surface area contributed by atoms with Gasteiger partial charge in [0.15, 0.2) is 11.0 Å². The van der Waals surface area contributed by atoms with Crippen molar-refractivity contribution in [2.75, 3.05) is 5.32 Å². The fraction of sp³-hybridized carbons (Fsp3) is 0.0435. The minimum atomic E-state index is -0.291. The summed E-state index contributed by atoms with van der Waals surface area (Å²) in [6.45, 7) is 0. The van der Waals surface area contributed by atoms with E-state index in [4.69, 9.17) is 16.6 Å². The topological polar surface area (TPSA) is 72.7 Å². The Balaban J connectivity index is 1.57. The molecule has 0 bridgehead atoms. The lowest BCUT2D eigenvalue weighted by atomic mass is 10.1. The van der Waals surface area contributed by atoms with E-state index >= 15 is 0 Å². The fourth-order valence-electron chi connectivity index (χ4n) is 3.40. The van der Waals surface area contributed by atoms with Crippen LogP contribution in [0.2, 0.25) is 5.15 Å². The molecule has 3 aromatic heterocycles. The zero-order valence-electron chi connectivity index (χ0n) is 16.4. The van der Waals surface area contributed by atoms with Gasteiger partial charge in [-0.25, -0.2) is 15.0 Å². The summed E-state index contributed by atoms with van der Waals surface area (Å²) < 4.78 is 1.93. The Morgan fingerprint density at radius 3 is 2.61 bits per heavy atom. The molecule has 5 aromatic rings. The molecule has 0 aliphatic rings. The van der Waals surface area contributed by atoms with Gasteiger partial charge in [-0.05, 0) is 12.1 Å². The number of halogens is 1. The number of nitrogens with zero attached hydrogens (tertiary/aromatic N) is 4. The molecule has 152 valence electrons. The van der Waals surface area contributed by atoms with Crippen molar-refractivity contribution < 1.29 is 4.79 Å². The second kappa shape index (κ2) is 7.94. The van der Waals surface area contributed by atoms with Crippen LogP contribution in [0, 0.1) is 0 Å². The number of imidazole rings is 1. The number of hydrogen-bond donors (Lipinski definition) is 1. The van der Waals surface area contributed by atoms with E-state index in [-0.39, 0.29) is 11.1 Å². The number of pyridine rings is 1. The smallest absolute Gasteiger partial charge is 0.258 e. The zero-order chi connectivity index (χ0) is 21.4. The Morgan fingerprint density at radius 1 is 1.06 bits per heavy atom. The third-order valence-electron chi connectivity index (χ3n) is 4.85. The van der Waals surface area contributed by atoms with Crippen molar-refractivity contribution in [3.63, 3.8) is 0 Å². The minimum absolute atomic E-state index is 0.265. The molecule has 31 heavy (non-hydrogen) atoms. The Kier molecular flexibility index (Phi) is 4.97. The molecule has 0 saturated carbocycles. The molecule has 5 rings (SSSR count). The van der Waals surface area contributed by atoms with Crippen LogP contribution in [0.15, 0.2) is 73.1 Å². The summed E-state index contributed by atoms with van der Waals surface area (Å²) in [5, 5.41) is 4.42. The molecular formula is C23H16ClN5OS. The number of aryl methyl sites for hydroxylation is 1. The van der Waals surface area contributed by atoms with Crippen LogP contribution in [0.25, 0.3) is 32.9 Å². The molecule has 3 heterocycles. The molecule has 0 unspecified atom stereocenters. The molecule has 0 atom stereocenters. The molecule has 0 radical (unpaired) electrons. The van der Waals surface area contributed by atoms with Gasteiger partial charge in [0, 0.05) is 30.4 Å². The van der Waals surface area contributed by atoms with Crippen LogP contribution in [0.4, 0.5) is 5.13 Å². The van der Waals surface area contributed by atoms with E-state index < -0.39 is 0 Å². The first-order valence-electron chi connectivity index (χ1n) is 9.51. The van der Waals surface area contributed by atoms with Crippen molar-refractivity contribution in [3.8, 4) is 22.0 Å². The summed E-state index contributed by atoms with van der Waals surface area (Å²) >= 11 is 7.53. The fourth-order valence-corrected chi connectivity index (χ4v) is 4.62. The number of para-hydroxylation sites is 1. The van der Waals surface area contributed by atoms with Gasteiger partial charge in [0.05, 0.1) is 21.7 Å². The lowest BCUT2D eigenvalue weighted by Gasteiger charge is -2.06. The highest BCUT2D eigenvalue weighted by Crippen LogP contribution is 2.38. The molecule has 8 heteroatoms. The average molecular weight is 446 g/mol. The van der Waals surface area contributed by atoms with E-state index in [0.717, 1.165) is 27.3 Å². The van der Waals surface area contributed by atoms with Gasteiger partial charge in [0.25, 0.3) is 5.91 Å². The lowest BCUT2D eigenvalue weighted by Crippen LogP contribution is -2.12. The van der Waals surface area contributed by atoms with E-state index in [1.165, 1.54) is 11.3 Å². The lowest BCUT2D eigenvalue weighted by molar-refractivity contribution is 0.102. The van der Waals surface area contributed by atoms with Crippen LogP contribution in [0.3, 0.4) is 0 Å². The van der Waals surface area contributed by atoms with Crippen LogP contribution in [0.5, 0.6) is 0 Å². The van der Waals surface area contributed by atoms with Gasteiger partial charge in [0.2, 0.25) is 0 Å². The predicted octanol–water partition coefficient (Wildman–Crippen LogP) is 5.66. The standard InChI is InChI=1S/C23H16ClN5OS/c1-29-12-11-25-21(29)20-19(14-7-3-2-4-8-14)27-23(31-20)28-22(30)16-13-18(24)26-17-10-6-5-9-15(16)17/h2-13H,1H3,(H,27,28,30). The van der Waals surface area contributed by atoms with Gasteiger partial charge in [-0.1, -0.05) is 71.5 Å². The van der Waals surface area contributed by atoms with Crippen molar-refractivity contribution in [1.82, 2.24) is 19.5 Å².